The van der Waals surface area contributed by atoms with Crippen molar-refractivity contribution < 1.29 is 37.0 Å². The van der Waals surface area contributed by atoms with Gasteiger partial charge in [0, 0.05) is 17.4 Å². The number of rotatable bonds is 5. The molecule has 2 atom stereocenters. The van der Waals surface area contributed by atoms with Gasteiger partial charge in [-0.2, -0.15) is 18.3 Å². The monoisotopic (exact) mass is 562 g/mol. The van der Waals surface area contributed by atoms with Crippen LogP contribution in [-0.4, -0.2) is 41.2 Å². The molecule has 2 N–H and O–H groups in total. The molecule has 0 saturated heterocycles. The Morgan fingerprint density at radius 2 is 2.00 bits per heavy atom. The number of nitrogens with one attached hydrogen (secondary N) is 2. The van der Waals surface area contributed by atoms with Crippen LogP contribution in [-0.2, 0) is 17.6 Å². The number of aromatic nitrogens is 2. The molecule has 3 aromatic rings. The van der Waals surface area contributed by atoms with Crippen molar-refractivity contribution in [1.82, 2.24) is 9.78 Å². The standard InChI is InChI=1S/C26H25F3N4O5S/c1-2-36-25(35)22-14-5-3-4-6-19(14)39-24(22)31-23(34)16-11-21-30-15(10-20(26(27,28)29)33(21)32-16)13-7-8-17-18(9-13)38-12-37-17/h7-9,11,15,20,30H,2-6,10,12H2,1H3,(H,31,34)/t15-,20+/m1/s1. The molecular formula is C26H25F3N4O5S. The van der Waals surface area contributed by atoms with Crippen molar-refractivity contribution in [3.63, 3.8) is 0 Å². The van der Waals surface area contributed by atoms with Gasteiger partial charge in [0.2, 0.25) is 6.79 Å². The highest BCUT2D eigenvalue weighted by Gasteiger charge is 2.47. The lowest BCUT2D eigenvalue weighted by molar-refractivity contribution is -0.173. The molecule has 1 aliphatic carbocycles. The van der Waals surface area contributed by atoms with E-state index in [1.165, 1.54) is 17.4 Å². The van der Waals surface area contributed by atoms with E-state index >= 15 is 0 Å². The van der Waals surface area contributed by atoms with Crippen molar-refractivity contribution in [3.8, 4) is 11.5 Å². The maximum Gasteiger partial charge on any atom is 0.410 e. The van der Waals surface area contributed by atoms with Gasteiger partial charge in [0.1, 0.15) is 10.8 Å². The van der Waals surface area contributed by atoms with Crippen LogP contribution in [0, 0.1) is 0 Å². The van der Waals surface area contributed by atoms with E-state index in [1.54, 1.807) is 25.1 Å². The maximum atomic E-state index is 14.1. The molecule has 39 heavy (non-hydrogen) atoms. The summed E-state index contributed by atoms with van der Waals surface area (Å²) in [6.45, 7) is 1.93. The van der Waals surface area contributed by atoms with E-state index in [2.05, 4.69) is 15.7 Å². The lowest BCUT2D eigenvalue weighted by Crippen LogP contribution is -2.35. The van der Waals surface area contributed by atoms with Gasteiger partial charge in [0.15, 0.2) is 23.2 Å². The summed E-state index contributed by atoms with van der Waals surface area (Å²) in [6, 6.07) is 3.65. The predicted molar refractivity (Wildman–Crippen MR) is 136 cm³/mol. The number of halogens is 3. The third-order valence-electron chi connectivity index (χ3n) is 7.10. The molecule has 1 amide bonds. The second-order valence-corrected chi connectivity index (χ2v) is 10.7. The second kappa shape index (κ2) is 9.78. The number of hydrogen-bond acceptors (Lipinski definition) is 8. The minimum atomic E-state index is -4.60. The van der Waals surface area contributed by atoms with Crippen LogP contribution < -0.4 is 20.1 Å². The van der Waals surface area contributed by atoms with Crippen molar-refractivity contribution in [2.45, 2.75) is 57.3 Å². The van der Waals surface area contributed by atoms with Crippen LogP contribution in [0.15, 0.2) is 24.3 Å². The minimum Gasteiger partial charge on any atom is -0.462 e. The summed E-state index contributed by atoms with van der Waals surface area (Å²) < 4.78 is 59.2. The normalized spacial score (nSPS) is 19.6. The Labute approximate surface area is 225 Å². The summed E-state index contributed by atoms with van der Waals surface area (Å²) in [5.74, 6) is -0.172. The molecule has 13 heteroatoms. The van der Waals surface area contributed by atoms with Gasteiger partial charge in [0.25, 0.3) is 5.91 Å². The Morgan fingerprint density at radius 1 is 1.21 bits per heavy atom. The molecule has 4 heterocycles. The number of fused-ring (bicyclic) bond motifs is 3. The summed E-state index contributed by atoms with van der Waals surface area (Å²) in [4.78, 5) is 27.0. The SMILES string of the molecule is CCOC(=O)c1c(NC(=O)c2cc3n(n2)[C@H](C(F)(F)F)C[C@H](c2ccc4c(c2)OCO4)N3)sc2c1CCCC2. The lowest BCUT2D eigenvalue weighted by atomic mass is 9.95. The first-order chi connectivity index (χ1) is 18.7. The Morgan fingerprint density at radius 3 is 2.79 bits per heavy atom. The number of carbonyl (C=O) groups is 2. The summed E-state index contributed by atoms with van der Waals surface area (Å²) in [5, 5.41) is 10.2. The van der Waals surface area contributed by atoms with Crippen LogP contribution >= 0.6 is 11.3 Å². The Kier molecular flexibility index (Phi) is 6.40. The molecule has 0 radical (unpaired) electrons. The zero-order valence-corrected chi connectivity index (χ0v) is 21.7. The number of amides is 1. The molecule has 3 aliphatic rings. The Hall–Kier alpha value is -3.74. The average Bonchev–Trinajstić information content (AvgIpc) is 3.63. The number of benzene rings is 1. The van der Waals surface area contributed by atoms with Crippen molar-refractivity contribution in [2.75, 3.05) is 24.0 Å². The average molecular weight is 563 g/mol. The third kappa shape index (κ3) is 4.68. The zero-order valence-electron chi connectivity index (χ0n) is 20.9. The number of alkyl halides is 3. The first-order valence-electron chi connectivity index (χ1n) is 12.7. The van der Waals surface area contributed by atoms with E-state index in [1.807, 2.05) is 0 Å². The fourth-order valence-corrected chi connectivity index (χ4v) is 6.55. The molecule has 0 saturated carbocycles. The number of carbonyl (C=O) groups excluding carboxylic acids is 2. The number of esters is 1. The molecule has 0 fully saturated rings. The van der Waals surface area contributed by atoms with E-state index in [-0.39, 0.29) is 31.3 Å². The lowest BCUT2D eigenvalue weighted by Gasteiger charge is -2.33. The van der Waals surface area contributed by atoms with Gasteiger partial charge in [-0.25, -0.2) is 9.48 Å². The minimum absolute atomic E-state index is 0.0540. The smallest absolute Gasteiger partial charge is 0.410 e. The van der Waals surface area contributed by atoms with Crippen molar-refractivity contribution in [1.29, 1.82) is 0 Å². The van der Waals surface area contributed by atoms with Gasteiger partial charge >= 0.3 is 12.1 Å². The number of nitrogens with zero attached hydrogens (tertiary/aromatic N) is 2. The van der Waals surface area contributed by atoms with E-state index in [0.717, 1.165) is 34.4 Å². The fourth-order valence-electron chi connectivity index (χ4n) is 5.27. The number of aryl methyl sites for hydroxylation is 1. The van der Waals surface area contributed by atoms with Crippen molar-refractivity contribution in [2.24, 2.45) is 0 Å². The number of thiophene rings is 1. The van der Waals surface area contributed by atoms with Gasteiger partial charge < -0.3 is 24.8 Å². The highest BCUT2D eigenvalue weighted by Crippen LogP contribution is 2.45. The Balaban J connectivity index is 1.30. The molecule has 6 rings (SSSR count). The Bertz CT molecular complexity index is 1450. The number of anilines is 2. The first-order valence-corrected chi connectivity index (χ1v) is 13.5. The van der Waals surface area contributed by atoms with E-state index in [0.29, 0.717) is 34.0 Å². The molecule has 0 unspecified atom stereocenters. The summed E-state index contributed by atoms with van der Waals surface area (Å²) in [6.07, 6.45) is -1.54. The van der Waals surface area contributed by atoms with Gasteiger partial charge in [-0.15, -0.1) is 11.3 Å². The number of hydrogen-bond donors (Lipinski definition) is 2. The van der Waals surface area contributed by atoms with Gasteiger partial charge in [-0.05, 0) is 55.9 Å². The first kappa shape index (κ1) is 25.5. The maximum absolute atomic E-state index is 14.1. The molecule has 9 nitrogen and oxygen atoms in total. The van der Waals surface area contributed by atoms with E-state index in [4.69, 9.17) is 14.2 Å². The quantitative estimate of drug-likeness (QED) is 0.388. The predicted octanol–water partition coefficient (Wildman–Crippen LogP) is 5.64. The molecule has 2 aromatic heterocycles. The molecule has 206 valence electrons. The third-order valence-corrected chi connectivity index (χ3v) is 8.31. The summed E-state index contributed by atoms with van der Waals surface area (Å²) in [5.41, 5.74) is 1.59. The zero-order chi connectivity index (χ0) is 27.3. The van der Waals surface area contributed by atoms with Gasteiger partial charge in [-0.3, -0.25) is 4.79 Å². The van der Waals surface area contributed by atoms with Gasteiger partial charge in [0.05, 0.1) is 18.2 Å². The molecule has 1 aromatic carbocycles. The van der Waals surface area contributed by atoms with Crippen LogP contribution in [0.3, 0.4) is 0 Å². The van der Waals surface area contributed by atoms with E-state index in [9.17, 15) is 22.8 Å². The molecule has 0 spiro atoms. The van der Waals surface area contributed by atoms with Crippen LogP contribution in [0.4, 0.5) is 24.0 Å². The van der Waals surface area contributed by atoms with Crippen LogP contribution in [0.5, 0.6) is 11.5 Å². The molecule has 0 bridgehead atoms. The number of ether oxygens (including phenoxy) is 3. The highest BCUT2D eigenvalue weighted by molar-refractivity contribution is 7.17. The fraction of sp³-hybridized carbons (Fsp3) is 0.423. The molecular weight excluding hydrogens is 537 g/mol. The largest absolute Gasteiger partial charge is 0.462 e. The topological polar surface area (TPSA) is 104 Å². The van der Waals surface area contributed by atoms with E-state index < -0.39 is 30.1 Å². The van der Waals surface area contributed by atoms with Crippen molar-refractivity contribution >= 4 is 34.0 Å². The van der Waals surface area contributed by atoms with Crippen LogP contribution in [0.1, 0.15) is 75.1 Å². The van der Waals surface area contributed by atoms with Crippen molar-refractivity contribution in [3.05, 3.63) is 51.5 Å². The van der Waals surface area contributed by atoms with Gasteiger partial charge in [-0.1, -0.05) is 6.07 Å². The second-order valence-electron chi connectivity index (χ2n) is 9.55. The van der Waals surface area contributed by atoms with Crippen LogP contribution in [0.25, 0.3) is 0 Å². The highest BCUT2D eigenvalue weighted by atomic mass is 32.1. The van der Waals surface area contributed by atoms with Crippen LogP contribution in [0.2, 0.25) is 0 Å². The molecule has 2 aliphatic heterocycles. The summed E-state index contributed by atoms with van der Waals surface area (Å²) >= 11 is 1.30. The summed E-state index contributed by atoms with van der Waals surface area (Å²) in [7, 11) is 0.